The first-order valence-corrected chi connectivity index (χ1v) is 28.0. The van der Waals surface area contributed by atoms with E-state index in [2.05, 4.69) is 50.4 Å². The molecule has 1 fully saturated rings. The molecule has 13 N–H and O–H groups in total. The van der Waals surface area contributed by atoms with Crippen LogP contribution in [0, 0.1) is 5.92 Å². The van der Waals surface area contributed by atoms with Gasteiger partial charge in [0.15, 0.2) is 11.6 Å². The number of phenolic OH excluding ortho intramolecular Hbond substituents is 2. The highest BCUT2D eigenvalue weighted by Crippen LogP contribution is 2.48. The van der Waals surface area contributed by atoms with Gasteiger partial charge in [-0.2, -0.15) is 11.8 Å². The predicted octanol–water partition coefficient (Wildman–Crippen LogP) is 0.0907. The lowest BCUT2D eigenvalue weighted by Gasteiger charge is -2.41. The molecule has 1 unspecified atom stereocenters. The minimum atomic E-state index is -1.15. The lowest BCUT2D eigenvalue weighted by molar-refractivity contribution is -0.154. The van der Waals surface area contributed by atoms with Crippen molar-refractivity contribution in [2.24, 2.45) is 11.7 Å². The van der Waals surface area contributed by atoms with Crippen molar-refractivity contribution >= 4 is 82.3 Å². The van der Waals surface area contributed by atoms with E-state index >= 15 is 0 Å². The third-order valence-electron chi connectivity index (χ3n) is 13.3. The summed E-state index contributed by atoms with van der Waals surface area (Å²) in [6, 6.07) is 2.67. The molecule has 28 heteroatoms. The van der Waals surface area contributed by atoms with Gasteiger partial charge in [0, 0.05) is 86.5 Å². The molecule has 27 nitrogen and oxygen atoms in total. The number of rotatable bonds is 31. The number of aromatic hydroxyl groups is 2. The van der Waals surface area contributed by atoms with Gasteiger partial charge < -0.3 is 87.7 Å². The Morgan fingerprint density at radius 2 is 1.46 bits per heavy atom. The minimum Gasteiger partial charge on any atom is -0.507 e. The average Bonchev–Trinajstić information content (AvgIpc) is 2.49. The van der Waals surface area contributed by atoms with E-state index in [1.54, 1.807) is 44.2 Å². The second kappa shape index (κ2) is 32.4. The normalized spacial score (nSPS) is 15.2. The molecule has 450 valence electrons. The van der Waals surface area contributed by atoms with Crippen molar-refractivity contribution in [3.8, 4) is 11.5 Å². The van der Waals surface area contributed by atoms with Crippen molar-refractivity contribution in [1.29, 1.82) is 0 Å². The zero-order chi connectivity index (χ0) is 60.8. The number of hydrogen-bond donors (Lipinski definition) is 12. The quantitative estimate of drug-likeness (QED) is 0.0270. The van der Waals surface area contributed by atoms with E-state index in [-0.39, 0.29) is 118 Å². The van der Waals surface area contributed by atoms with Crippen molar-refractivity contribution in [3.63, 3.8) is 0 Å². The van der Waals surface area contributed by atoms with E-state index < -0.39 is 95.4 Å². The standard InChI is InChI=1S/C55H74N12O15S/c1-5-42(73)65-30-66(43(74)6-2)32-67(31-65)44(75)17-27-83-29-41(72)63-49(33(3)4)53(79)62-38(8-7-18-60-54(56)80)52(78)61-35-11-9-34(10-12-35)28-82-55(81)64(24-26-69)23-21-59-37-14-13-36(58-20-19-57-22-25-68)45-46(37)51(77)48-40(71)16-15-39(70)47(48)50(45)76/h5-6,9-12,14-16,33,36,38,49,57-59,68-69,76-77H,1-2,7-8,13,17-32H2,3-4H3,(H,61,78)(H,62,79)(H,63,72)(H3,56,60,80)/t36?,38-,49-/m0/s1. The number of urea groups is 1. The van der Waals surface area contributed by atoms with E-state index in [4.69, 9.17) is 15.6 Å². The topological polar surface area (TPSA) is 384 Å². The summed E-state index contributed by atoms with van der Waals surface area (Å²) in [4.78, 5) is 134. The van der Waals surface area contributed by atoms with Crippen LogP contribution in [0.25, 0.3) is 5.70 Å². The molecule has 1 saturated heterocycles. The number of hydrogen-bond acceptors (Lipinski definition) is 19. The molecule has 0 saturated carbocycles. The number of benzene rings is 2. The van der Waals surface area contributed by atoms with Crippen LogP contribution in [0.4, 0.5) is 15.3 Å². The highest BCUT2D eigenvalue weighted by atomic mass is 32.2. The monoisotopic (exact) mass is 1170 g/mol. The van der Waals surface area contributed by atoms with Gasteiger partial charge >= 0.3 is 12.1 Å². The fourth-order valence-electron chi connectivity index (χ4n) is 9.11. The minimum absolute atomic E-state index is 0.0135. The molecule has 2 aromatic carbocycles. The van der Waals surface area contributed by atoms with Gasteiger partial charge in [-0.3, -0.25) is 38.4 Å². The Morgan fingerprint density at radius 1 is 0.807 bits per heavy atom. The lowest BCUT2D eigenvalue weighted by atomic mass is 9.81. The molecule has 2 aromatic rings. The number of fused-ring (bicyclic) bond motifs is 2. The zero-order valence-corrected chi connectivity index (χ0v) is 47.2. The van der Waals surface area contributed by atoms with Crippen LogP contribution in [-0.2, 0) is 40.1 Å². The number of nitrogens with two attached hydrogens (primary N) is 1. The first kappa shape index (κ1) is 65.5. The van der Waals surface area contributed by atoms with Gasteiger partial charge in [-0.1, -0.05) is 45.2 Å². The predicted molar refractivity (Wildman–Crippen MR) is 306 cm³/mol. The van der Waals surface area contributed by atoms with Gasteiger partial charge in [-0.25, -0.2) is 9.59 Å². The van der Waals surface area contributed by atoms with Crippen molar-refractivity contribution in [2.45, 2.75) is 64.3 Å². The van der Waals surface area contributed by atoms with E-state index in [1.807, 2.05) is 0 Å². The van der Waals surface area contributed by atoms with Crippen LogP contribution >= 0.6 is 11.8 Å². The molecule has 1 heterocycles. The van der Waals surface area contributed by atoms with E-state index in [1.165, 1.54) is 19.6 Å². The van der Waals surface area contributed by atoms with Crippen LogP contribution in [0.1, 0.15) is 83.0 Å². The number of nitrogens with one attached hydrogen (secondary N) is 7. The lowest BCUT2D eigenvalue weighted by Crippen LogP contribution is -2.59. The van der Waals surface area contributed by atoms with Gasteiger partial charge in [0.05, 0.1) is 50.1 Å². The number of anilines is 1. The number of aliphatic hydroxyl groups is 2. The number of phenols is 2. The Balaban J connectivity index is 1.14. The van der Waals surface area contributed by atoms with E-state index in [0.29, 0.717) is 43.0 Å². The fraction of sp³-hybridized carbons (Fsp3) is 0.455. The summed E-state index contributed by atoms with van der Waals surface area (Å²) in [5.74, 6) is -5.72. The molecule has 2 aliphatic carbocycles. The smallest absolute Gasteiger partial charge is 0.410 e. The summed E-state index contributed by atoms with van der Waals surface area (Å²) in [6.45, 7) is 10.7. The van der Waals surface area contributed by atoms with Crippen LogP contribution in [0.5, 0.6) is 11.5 Å². The Labute approximate surface area is 484 Å². The first-order valence-electron chi connectivity index (χ1n) is 26.8. The molecule has 1 aliphatic heterocycles. The molecule has 3 atom stereocenters. The molecule has 0 aromatic heterocycles. The van der Waals surface area contributed by atoms with E-state index in [9.17, 15) is 63.3 Å². The SMILES string of the molecule is C=CC(=O)N1CN(C(=O)C=C)CN(C(=O)CCSCC(=O)N[C@H](C(=O)N[C@@H](CCCNC(N)=O)C(=O)Nc2ccc(COC(=O)N(CCO)CCNC3=CCC(NCCNCCO)c4c(O)c5c(c(O)c43)C(=O)C=CC5=O)cc2)C(C)C)C1. The van der Waals surface area contributed by atoms with Crippen LogP contribution < -0.4 is 43.0 Å². The van der Waals surface area contributed by atoms with Crippen LogP contribution in [-0.4, -0.2) is 202 Å². The van der Waals surface area contributed by atoms with Gasteiger partial charge in [0.2, 0.25) is 35.4 Å². The number of carbonyl (C=O) groups excluding carboxylic acids is 10. The summed E-state index contributed by atoms with van der Waals surface area (Å²) < 4.78 is 5.58. The Kier molecular flexibility index (Phi) is 25.5. The molecule has 0 bridgehead atoms. The molecule has 0 radical (unpaired) electrons. The molecule has 5 rings (SSSR count). The molecule has 0 spiro atoms. The maximum absolute atomic E-state index is 13.8. The number of carbonyl (C=O) groups is 10. The largest absolute Gasteiger partial charge is 0.507 e. The van der Waals surface area contributed by atoms with Crippen LogP contribution in [0.15, 0.2) is 67.8 Å². The van der Waals surface area contributed by atoms with Crippen molar-refractivity contribution in [3.05, 3.63) is 95.6 Å². The maximum atomic E-state index is 13.8. The molecular weight excluding hydrogens is 1100 g/mol. The molecule has 3 aliphatic rings. The Bertz CT molecular complexity index is 2780. The van der Waals surface area contributed by atoms with Crippen molar-refractivity contribution in [2.75, 3.05) is 95.9 Å². The van der Waals surface area contributed by atoms with Crippen molar-refractivity contribution < 1.29 is 73.1 Å². The van der Waals surface area contributed by atoms with Gasteiger partial charge in [0.1, 0.15) is 30.2 Å². The number of amides is 9. The van der Waals surface area contributed by atoms with Crippen LogP contribution in [0.2, 0.25) is 0 Å². The summed E-state index contributed by atoms with van der Waals surface area (Å²) >= 11 is 1.13. The number of nitrogens with zero attached hydrogens (tertiary/aromatic N) is 4. The molecular formula is C55H74N12O15S. The third-order valence-corrected chi connectivity index (χ3v) is 14.3. The zero-order valence-electron chi connectivity index (χ0n) is 46.4. The summed E-state index contributed by atoms with van der Waals surface area (Å²) in [7, 11) is 0. The number of thioether (sulfide) groups is 1. The van der Waals surface area contributed by atoms with Gasteiger partial charge in [-0.05, 0) is 67.2 Å². The first-order chi connectivity index (χ1) is 39.7. The van der Waals surface area contributed by atoms with Gasteiger partial charge in [0.25, 0.3) is 0 Å². The summed E-state index contributed by atoms with van der Waals surface area (Å²) in [6.07, 6.45) is 5.72. The Hall–Kier alpha value is -8.31. The Morgan fingerprint density at radius 3 is 2.07 bits per heavy atom. The van der Waals surface area contributed by atoms with Crippen LogP contribution in [0.3, 0.4) is 0 Å². The number of ether oxygens (including phenoxy) is 1. The number of primary amides is 1. The van der Waals surface area contributed by atoms with Gasteiger partial charge in [-0.15, -0.1) is 0 Å². The molecule has 9 amide bonds. The molecule has 83 heavy (non-hydrogen) atoms. The highest BCUT2D eigenvalue weighted by Gasteiger charge is 2.37. The third kappa shape index (κ3) is 18.6. The number of ketones is 2. The van der Waals surface area contributed by atoms with E-state index in [0.717, 1.165) is 36.1 Å². The second-order valence-corrected chi connectivity index (χ2v) is 20.7. The average molecular weight is 1180 g/mol. The number of aliphatic hydroxyl groups excluding tert-OH is 2. The summed E-state index contributed by atoms with van der Waals surface area (Å²) in [5.41, 5.74) is 6.03. The second-order valence-electron chi connectivity index (χ2n) is 19.6. The maximum Gasteiger partial charge on any atom is 0.410 e. The highest BCUT2D eigenvalue weighted by molar-refractivity contribution is 7.99. The fourth-order valence-corrected chi connectivity index (χ4v) is 9.84. The van der Waals surface area contributed by atoms with Crippen molar-refractivity contribution in [1.82, 2.24) is 51.5 Å². The summed E-state index contributed by atoms with van der Waals surface area (Å²) in [5, 5.41) is 62.1. The number of allylic oxidation sites excluding steroid dienone is 2.